The highest BCUT2D eigenvalue weighted by atomic mass is 35.5. The van der Waals surface area contributed by atoms with Crippen LogP contribution in [0.25, 0.3) is 5.69 Å². The monoisotopic (exact) mass is 296 g/mol. The van der Waals surface area contributed by atoms with E-state index in [0.717, 1.165) is 10.7 Å². The van der Waals surface area contributed by atoms with Crippen molar-refractivity contribution in [2.24, 2.45) is 0 Å². The number of H-pyrrole nitrogens is 1. The van der Waals surface area contributed by atoms with Gasteiger partial charge in [0.1, 0.15) is 23.3 Å². The molecule has 0 bridgehead atoms. The number of aromatic amines is 1. The molecule has 8 heteroatoms. The third-order valence-electron chi connectivity index (χ3n) is 2.38. The summed E-state index contributed by atoms with van der Waals surface area (Å²) in [6.07, 6.45) is 0. The zero-order valence-corrected chi connectivity index (χ0v) is 11.1. The van der Waals surface area contributed by atoms with Gasteiger partial charge in [-0.05, 0) is 31.3 Å². The summed E-state index contributed by atoms with van der Waals surface area (Å²) >= 11 is 10.8. The minimum atomic E-state index is -0.712. The number of nitriles is 1. The van der Waals surface area contributed by atoms with E-state index in [1.165, 1.54) is 13.0 Å². The predicted octanol–water partition coefficient (Wildman–Crippen LogP) is 2.26. The molecule has 0 atom stereocenters. The Morgan fingerprint density at radius 2 is 2.26 bits per heavy atom. The van der Waals surface area contributed by atoms with Crippen molar-refractivity contribution >= 4 is 23.8 Å². The van der Waals surface area contributed by atoms with Crippen LogP contribution in [0, 0.1) is 28.8 Å². The lowest BCUT2D eigenvalue weighted by Gasteiger charge is -2.08. The van der Waals surface area contributed by atoms with E-state index in [2.05, 4.69) is 10.1 Å². The minimum absolute atomic E-state index is 0.00980. The van der Waals surface area contributed by atoms with Crippen LogP contribution in [0.4, 0.5) is 4.39 Å². The van der Waals surface area contributed by atoms with Gasteiger partial charge in [0.05, 0.1) is 10.6 Å². The summed E-state index contributed by atoms with van der Waals surface area (Å²) < 4.78 is 14.9. The number of hydrogen-bond acceptors (Lipinski definition) is 4. The second kappa shape index (κ2) is 4.91. The molecule has 0 aliphatic carbocycles. The van der Waals surface area contributed by atoms with E-state index in [9.17, 15) is 9.18 Å². The summed E-state index contributed by atoms with van der Waals surface area (Å²) in [6, 6.07) is 3.98. The number of benzene rings is 1. The normalized spacial score (nSPS) is 10.2. The van der Waals surface area contributed by atoms with Crippen LogP contribution in [0.3, 0.4) is 0 Å². The molecule has 2 aromatic rings. The molecule has 0 aliphatic rings. The van der Waals surface area contributed by atoms with Gasteiger partial charge < -0.3 is 0 Å². The van der Waals surface area contributed by atoms with Crippen molar-refractivity contribution in [2.45, 2.75) is 6.92 Å². The number of hydrogen-bond donors (Lipinski definition) is 1. The van der Waals surface area contributed by atoms with E-state index >= 15 is 0 Å². The van der Waals surface area contributed by atoms with E-state index in [0.29, 0.717) is 0 Å². The molecular formula is C11H6ClFN4OS. The fourth-order valence-electron chi connectivity index (χ4n) is 1.43. The van der Waals surface area contributed by atoms with E-state index in [4.69, 9.17) is 29.1 Å². The summed E-state index contributed by atoms with van der Waals surface area (Å²) in [7, 11) is 0. The molecule has 0 saturated carbocycles. The lowest BCUT2D eigenvalue weighted by atomic mass is 10.2. The molecule has 2 rings (SSSR count). The maximum Gasteiger partial charge on any atom is 0.273 e. The average Bonchev–Trinajstić information content (AvgIpc) is 2.36. The number of nitrogens with zero attached hydrogens (tertiary/aromatic N) is 3. The Kier molecular flexibility index (Phi) is 3.46. The van der Waals surface area contributed by atoms with Crippen LogP contribution in [-0.2, 0) is 0 Å². The Hall–Kier alpha value is -2.04. The van der Waals surface area contributed by atoms with Gasteiger partial charge in [-0.1, -0.05) is 11.6 Å². The van der Waals surface area contributed by atoms with Gasteiger partial charge in [-0.3, -0.25) is 9.78 Å². The van der Waals surface area contributed by atoms with Gasteiger partial charge in [-0.25, -0.2) is 9.07 Å². The molecule has 1 N–H and O–H groups in total. The highest BCUT2D eigenvalue weighted by Gasteiger charge is 2.12. The van der Waals surface area contributed by atoms with Crippen LogP contribution in [0.15, 0.2) is 16.9 Å². The zero-order chi connectivity index (χ0) is 14.2. The van der Waals surface area contributed by atoms with Gasteiger partial charge in [0.25, 0.3) is 5.56 Å². The highest BCUT2D eigenvalue weighted by Crippen LogP contribution is 2.22. The highest BCUT2D eigenvalue weighted by molar-refractivity contribution is 7.71. The van der Waals surface area contributed by atoms with E-state index in [1.807, 2.05) is 0 Å². The summed E-state index contributed by atoms with van der Waals surface area (Å²) in [5, 5.41) is 12.7. The van der Waals surface area contributed by atoms with Gasteiger partial charge in [-0.2, -0.15) is 10.4 Å². The van der Waals surface area contributed by atoms with Gasteiger partial charge in [-0.15, -0.1) is 0 Å². The lowest BCUT2D eigenvalue weighted by Crippen LogP contribution is -2.19. The first-order valence-electron chi connectivity index (χ1n) is 5.04. The molecular weight excluding hydrogens is 291 g/mol. The standard InChI is InChI=1S/C11H6ClFN4OS/c1-5-10(18)15-11(19)17(16-5)9-3-7(12)6(4-14)2-8(9)13/h2-3H,1H3,(H,15,18,19). The Labute approximate surface area is 116 Å². The molecule has 0 fully saturated rings. The second-order valence-electron chi connectivity index (χ2n) is 3.65. The maximum absolute atomic E-state index is 13.9. The van der Waals surface area contributed by atoms with Crippen molar-refractivity contribution in [3.8, 4) is 11.8 Å². The Bertz CT molecular complexity index is 821. The van der Waals surface area contributed by atoms with Crippen molar-refractivity contribution < 1.29 is 4.39 Å². The van der Waals surface area contributed by atoms with Gasteiger partial charge in [0.15, 0.2) is 0 Å². The van der Waals surface area contributed by atoms with Crippen molar-refractivity contribution in [2.75, 3.05) is 0 Å². The van der Waals surface area contributed by atoms with Crippen molar-refractivity contribution in [3.63, 3.8) is 0 Å². The number of aryl methyl sites for hydroxylation is 1. The largest absolute Gasteiger partial charge is 0.296 e. The zero-order valence-electron chi connectivity index (χ0n) is 9.57. The topological polar surface area (TPSA) is 74.5 Å². The third kappa shape index (κ3) is 2.41. The number of halogens is 2. The SMILES string of the molecule is Cc1nn(-c2cc(Cl)c(C#N)cc2F)c(=S)[nH]c1=O. The first-order chi connectivity index (χ1) is 8.93. The second-order valence-corrected chi connectivity index (χ2v) is 4.45. The van der Waals surface area contributed by atoms with E-state index < -0.39 is 11.4 Å². The van der Waals surface area contributed by atoms with E-state index in [1.54, 1.807) is 6.07 Å². The number of rotatable bonds is 1. The van der Waals surface area contributed by atoms with Gasteiger partial charge >= 0.3 is 0 Å². The minimum Gasteiger partial charge on any atom is -0.296 e. The van der Waals surface area contributed by atoms with Crippen LogP contribution in [0.5, 0.6) is 0 Å². The molecule has 0 aliphatic heterocycles. The molecule has 1 heterocycles. The Morgan fingerprint density at radius 1 is 1.58 bits per heavy atom. The fourth-order valence-corrected chi connectivity index (χ4v) is 1.86. The number of aromatic nitrogens is 3. The first kappa shape index (κ1) is 13.4. The molecule has 0 radical (unpaired) electrons. The summed E-state index contributed by atoms with van der Waals surface area (Å²) in [4.78, 5) is 13.7. The molecule has 1 aromatic heterocycles. The predicted molar refractivity (Wildman–Crippen MR) is 69.4 cm³/mol. The molecule has 5 nitrogen and oxygen atoms in total. The van der Waals surface area contributed by atoms with Gasteiger partial charge in [0.2, 0.25) is 4.77 Å². The Balaban J connectivity index is 2.77. The Morgan fingerprint density at radius 3 is 2.89 bits per heavy atom. The van der Waals surface area contributed by atoms with Gasteiger partial charge in [0, 0.05) is 0 Å². The van der Waals surface area contributed by atoms with Crippen LogP contribution in [0.1, 0.15) is 11.3 Å². The fraction of sp³-hybridized carbons (Fsp3) is 0.0909. The molecule has 96 valence electrons. The molecule has 1 aromatic carbocycles. The van der Waals surface area contributed by atoms with E-state index in [-0.39, 0.29) is 26.7 Å². The first-order valence-corrected chi connectivity index (χ1v) is 5.82. The van der Waals surface area contributed by atoms with Crippen LogP contribution >= 0.6 is 23.8 Å². The van der Waals surface area contributed by atoms with Crippen molar-refractivity contribution in [3.05, 3.63) is 49.4 Å². The molecule has 19 heavy (non-hydrogen) atoms. The van der Waals surface area contributed by atoms with Crippen LogP contribution in [0.2, 0.25) is 5.02 Å². The van der Waals surface area contributed by atoms with Crippen molar-refractivity contribution in [1.29, 1.82) is 5.26 Å². The lowest BCUT2D eigenvalue weighted by molar-refractivity contribution is 0.601. The quantitative estimate of drug-likeness (QED) is 0.819. The number of nitrogens with one attached hydrogen (secondary N) is 1. The molecule has 0 spiro atoms. The van der Waals surface area contributed by atoms with Crippen LogP contribution < -0.4 is 5.56 Å². The molecule has 0 unspecified atom stereocenters. The smallest absolute Gasteiger partial charge is 0.273 e. The summed E-state index contributed by atoms with van der Waals surface area (Å²) in [5.41, 5.74) is -0.334. The molecule has 0 saturated heterocycles. The maximum atomic E-state index is 13.9. The van der Waals surface area contributed by atoms with Crippen LogP contribution in [-0.4, -0.2) is 14.8 Å². The summed E-state index contributed by atoms with van der Waals surface area (Å²) in [5.74, 6) is -0.712. The third-order valence-corrected chi connectivity index (χ3v) is 2.96. The summed E-state index contributed by atoms with van der Waals surface area (Å²) in [6.45, 7) is 1.47. The van der Waals surface area contributed by atoms with Crippen molar-refractivity contribution in [1.82, 2.24) is 14.8 Å². The average molecular weight is 297 g/mol. The molecule has 0 amide bonds.